The maximum Gasteiger partial charge on any atom is 0.393 e. The summed E-state index contributed by atoms with van der Waals surface area (Å²) in [5.41, 5.74) is 0.881. The lowest BCUT2D eigenvalue weighted by Gasteiger charge is -2.33. The van der Waals surface area contributed by atoms with Crippen LogP contribution in [0.5, 0.6) is 0 Å². The Labute approximate surface area is 108 Å². The molecule has 0 aromatic carbocycles. The fourth-order valence-electron chi connectivity index (χ4n) is 2.12. The summed E-state index contributed by atoms with van der Waals surface area (Å²) in [5, 5.41) is 5.57. The Hall–Kier alpha value is -0.820. The van der Waals surface area contributed by atoms with Crippen LogP contribution >= 0.6 is 11.3 Å². The molecule has 1 fully saturated rings. The standard InChI is InChI=1S/C11H16F3N3S/c1-15-5-9-7-18-10(16-9)17-4-2-3-8(6-17)11(12,13)14/h7-8,15H,2-6H2,1H3. The molecule has 1 aliphatic heterocycles. The van der Waals surface area contributed by atoms with E-state index >= 15 is 0 Å². The number of piperidine rings is 1. The highest BCUT2D eigenvalue weighted by Gasteiger charge is 2.42. The van der Waals surface area contributed by atoms with Gasteiger partial charge in [-0.2, -0.15) is 13.2 Å². The molecule has 0 saturated carbocycles. The van der Waals surface area contributed by atoms with Crippen molar-refractivity contribution in [1.82, 2.24) is 10.3 Å². The molecule has 0 amide bonds. The van der Waals surface area contributed by atoms with Crippen molar-refractivity contribution in [3.05, 3.63) is 11.1 Å². The number of halogens is 3. The predicted molar refractivity (Wildman–Crippen MR) is 65.9 cm³/mol. The Morgan fingerprint density at radius 3 is 3.00 bits per heavy atom. The van der Waals surface area contributed by atoms with E-state index in [1.165, 1.54) is 11.3 Å². The van der Waals surface area contributed by atoms with Crippen LogP contribution in [0.15, 0.2) is 5.38 Å². The summed E-state index contributed by atoms with van der Waals surface area (Å²) in [5.74, 6) is -1.22. The maximum absolute atomic E-state index is 12.7. The van der Waals surface area contributed by atoms with Gasteiger partial charge in [-0.3, -0.25) is 0 Å². The molecule has 0 radical (unpaired) electrons. The molecule has 3 nitrogen and oxygen atoms in total. The van der Waals surface area contributed by atoms with E-state index in [1.54, 1.807) is 4.90 Å². The molecule has 0 spiro atoms. The third kappa shape index (κ3) is 3.14. The lowest BCUT2D eigenvalue weighted by atomic mass is 9.98. The van der Waals surface area contributed by atoms with Crippen LogP contribution in [0.1, 0.15) is 18.5 Å². The summed E-state index contributed by atoms with van der Waals surface area (Å²) in [6.07, 6.45) is -3.29. The molecule has 2 rings (SSSR count). The largest absolute Gasteiger partial charge is 0.393 e. The minimum absolute atomic E-state index is 0.0377. The van der Waals surface area contributed by atoms with Gasteiger partial charge in [-0.15, -0.1) is 11.3 Å². The zero-order valence-corrected chi connectivity index (χ0v) is 10.9. The molecule has 18 heavy (non-hydrogen) atoms. The van der Waals surface area contributed by atoms with Gasteiger partial charge in [-0.1, -0.05) is 0 Å². The number of aromatic nitrogens is 1. The van der Waals surface area contributed by atoms with Crippen LogP contribution in [0.2, 0.25) is 0 Å². The minimum atomic E-state index is -4.09. The lowest BCUT2D eigenvalue weighted by Crippen LogP contribution is -2.41. The van der Waals surface area contributed by atoms with Crippen LogP contribution in [0, 0.1) is 5.92 Å². The first-order valence-electron chi connectivity index (χ1n) is 5.91. The average Bonchev–Trinajstić information content (AvgIpc) is 2.77. The molecule has 1 saturated heterocycles. The van der Waals surface area contributed by atoms with Gasteiger partial charge in [-0.05, 0) is 19.9 Å². The fraction of sp³-hybridized carbons (Fsp3) is 0.727. The van der Waals surface area contributed by atoms with Gasteiger partial charge in [0.1, 0.15) is 0 Å². The van der Waals surface area contributed by atoms with E-state index in [9.17, 15) is 13.2 Å². The minimum Gasteiger partial charge on any atom is -0.347 e. The molecule has 0 aliphatic carbocycles. The molecule has 1 aliphatic rings. The van der Waals surface area contributed by atoms with Crippen molar-refractivity contribution in [3.8, 4) is 0 Å². The van der Waals surface area contributed by atoms with E-state index in [0.717, 1.165) is 5.69 Å². The van der Waals surface area contributed by atoms with E-state index in [4.69, 9.17) is 0 Å². The van der Waals surface area contributed by atoms with Crippen LogP contribution < -0.4 is 10.2 Å². The normalized spacial score (nSPS) is 21.3. The molecule has 2 heterocycles. The van der Waals surface area contributed by atoms with Crippen LogP contribution in [-0.4, -0.2) is 31.3 Å². The van der Waals surface area contributed by atoms with Gasteiger partial charge >= 0.3 is 6.18 Å². The smallest absolute Gasteiger partial charge is 0.347 e. The summed E-state index contributed by atoms with van der Waals surface area (Å²) < 4.78 is 38.1. The number of anilines is 1. The van der Waals surface area contributed by atoms with Gasteiger partial charge < -0.3 is 10.2 Å². The molecule has 7 heteroatoms. The van der Waals surface area contributed by atoms with E-state index in [-0.39, 0.29) is 13.0 Å². The second kappa shape index (κ2) is 5.44. The first-order chi connectivity index (χ1) is 8.50. The summed E-state index contributed by atoms with van der Waals surface area (Å²) >= 11 is 1.42. The third-order valence-electron chi connectivity index (χ3n) is 3.05. The number of rotatable bonds is 3. The second-order valence-corrected chi connectivity index (χ2v) is 5.32. The fourth-order valence-corrected chi connectivity index (χ4v) is 2.98. The van der Waals surface area contributed by atoms with Gasteiger partial charge in [0.25, 0.3) is 0 Å². The summed E-state index contributed by atoms with van der Waals surface area (Å²) in [4.78, 5) is 6.11. The van der Waals surface area contributed by atoms with E-state index in [2.05, 4.69) is 10.3 Å². The molecule has 1 aromatic heterocycles. The Morgan fingerprint density at radius 1 is 1.56 bits per heavy atom. The number of hydrogen-bond donors (Lipinski definition) is 1. The maximum atomic E-state index is 12.7. The molecule has 102 valence electrons. The number of thiazole rings is 1. The first kappa shape index (κ1) is 13.6. The quantitative estimate of drug-likeness (QED) is 0.922. The number of nitrogens with one attached hydrogen (secondary N) is 1. The number of hydrogen-bond acceptors (Lipinski definition) is 4. The van der Waals surface area contributed by atoms with Crippen molar-refractivity contribution < 1.29 is 13.2 Å². The Balaban J connectivity index is 2.03. The van der Waals surface area contributed by atoms with Gasteiger partial charge in [-0.25, -0.2) is 4.98 Å². The zero-order valence-electron chi connectivity index (χ0n) is 10.1. The summed E-state index contributed by atoms with van der Waals surface area (Å²) in [6.45, 7) is 1.35. The van der Waals surface area contributed by atoms with Gasteiger partial charge in [0.05, 0.1) is 11.6 Å². The molecule has 0 bridgehead atoms. The Kier molecular flexibility index (Phi) is 4.11. The van der Waals surface area contributed by atoms with E-state index < -0.39 is 12.1 Å². The van der Waals surface area contributed by atoms with E-state index in [0.29, 0.717) is 24.6 Å². The Morgan fingerprint density at radius 2 is 2.33 bits per heavy atom. The van der Waals surface area contributed by atoms with Crippen molar-refractivity contribution in [1.29, 1.82) is 0 Å². The molecular formula is C11H16F3N3S. The van der Waals surface area contributed by atoms with Crippen molar-refractivity contribution in [3.63, 3.8) is 0 Å². The summed E-state index contributed by atoms with van der Waals surface area (Å²) in [6, 6.07) is 0. The monoisotopic (exact) mass is 279 g/mol. The van der Waals surface area contributed by atoms with Crippen molar-refractivity contribution in [2.45, 2.75) is 25.6 Å². The second-order valence-electron chi connectivity index (χ2n) is 4.48. The highest BCUT2D eigenvalue weighted by atomic mass is 32.1. The first-order valence-corrected chi connectivity index (χ1v) is 6.79. The highest BCUT2D eigenvalue weighted by molar-refractivity contribution is 7.13. The van der Waals surface area contributed by atoms with Crippen molar-refractivity contribution in [2.75, 3.05) is 25.0 Å². The zero-order chi connectivity index (χ0) is 13.2. The SMILES string of the molecule is CNCc1csc(N2CCCC(C(F)(F)F)C2)n1. The molecule has 1 N–H and O–H groups in total. The molecule has 1 atom stereocenters. The van der Waals surface area contributed by atoms with E-state index in [1.807, 2.05) is 12.4 Å². The van der Waals surface area contributed by atoms with Crippen LogP contribution in [0.25, 0.3) is 0 Å². The van der Waals surface area contributed by atoms with Gasteiger partial charge in [0.15, 0.2) is 5.13 Å². The Bertz CT molecular complexity index is 391. The number of alkyl halides is 3. The highest BCUT2D eigenvalue weighted by Crippen LogP contribution is 2.35. The average molecular weight is 279 g/mol. The summed E-state index contributed by atoms with van der Waals surface area (Å²) in [7, 11) is 1.82. The molecule has 1 aromatic rings. The topological polar surface area (TPSA) is 28.2 Å². The number of nitrogens with zero attached hydrogens (tertiary/aromatic N) is 2. The van der Waals surface area contributed by atoms with Crippen molar-refractivity contribution >= 4 is 16.5 Å². The van der Waals surface area contributed by atoms with Gasteiger partial charge in [0.2, 0.25) is 0 Å². The van der Waals surface area contributed by atoms with Crippen LogP contribution in [0.4, 0.5) is 18.3 Å². The van der Waals surface area contributed by atoms with Crippen LogP contribution in [-0.2, 0) is 6.54 Å². The third-order valence-corrected chi connectivity index (χ3v) is 4.00. The molecule has 1 unspecified atom stereocenters. The molecular weight excluding hydrogens is 263 g/mol. The van der Waals surface area contributed by atoms with Gasteiger partial charge in [0, 0.05) is 25.0 Å². The predicted octanol–water partition coefficient (Wildman–Crippen LogP) is 2.64. The van der Waals surface area contributed by atoms with Crippen molar-refractivity contribution in [2.24, 2.45) is 5.92 Å². The van der Waals surface area contributed by atoms with Crippen LogP contribution in [0.3, 0.4) is 0 Å². The lowest BCUT2D eigenvalue weighted by molar-refractivity contribution is -0.175.